The third-order valence-corrected chi connectivity index (χ3v) is 4.57. The molecule has 3 rings (SSSR count). The zero-order chi connectivity index (χ0) is 15.3. The van der Waals surface area contributed by atoms with Crippen LogP contribution in [0.5, 0.6) is 0 Å². The second-order valence-corrected chi connectivity index (χ2v) is 5.87. The maximum Gasteiger partial charge on any atom is 0.416 e. The normalized spacial score (nSPS) is 17.9. The number of halogens is 3. The van der Waals surface area contributed by atoms with E-state index in [1.165, 1.54) is 6.07 Å². The summed E-state index contributed by atoms with van der Waals surface area (Å²) in [5, 5.41) is 0. The number of hydrogen-bond donors (Lipinski definition) is 1. The lowest BCUT2D eigenvalue weighted by Gasteiger charge is -2.40. The van der Waals surface area contributed by atoms with Crippen molar-refractivity contribution in [1.82, 2.24) is 9.55 Å². The highest BCUT2D eigenvalue weighted by molar-refractivity contribution is 7.71. The van der Waals surface area contributed by atoms with E-state index in [4.69, 9.17) is 17.0 Å². The number of benzene rings is 1. The van der Waals surface area contributed by atoms with Crippen LogP contribution in [0.4, 0.5) is 13.2 Å². The first-order valence-electron chi connectivity index (χ1n) is 6.70. The number of ether oxygens (including phenoxy) is 1. The number of imidazole rings is 1. The summed E-state index contributed by atoms with van der Waals surface area (Å²) in [6.45, 7) is 0.563. The summed E-state index contributed by atoms with van der Waals surface area (Å²) >= 11 is 5.25. The molecule has 114 valence electrons. The summed E-state index contributed by atoms with van der Waals surface area (Å²) in [5.41, 5.74) is 0.163. The van der Waals surface area contributed by atoms with E-state index in [-0.39, 0.29) is 5.60 Å². The van der Waals surface area contributed by atoms with Gasteiger partial charge in [0.05, 0.1) is 28.7 Å². The van der Waals surface area contributed by atoms with Crippen LogP contribution in [0.3, 0.4) is 0 Å². The fourth-order valence-electron chi connectivity index (χ4n) is 2.78. The molecule has 1 fully saturated rings. The highest BCUT2D eigenvalue weighted by Gasteiger charge is 2.38. The topological polar surface area (TPSA) is 29.9 Å². The molecular weight excluding hydrogens is 301 g/mol. The number of hydrogen-bond acceptors (Lipinski definition) is 2. The van der Waals surface area contributed by atoms with Crippen molar-refractivity contribution >= 4 is 23.3 Å². The van der Waals surface area contributed by atoms with Gasteiger partial charge in [0.15, 0.2) is 4.77 Å². The zero-order valence-corrected chi connectivity index (χ0v) is 12.3. The molecule has 1 aromatic heterocycles. The van der Waals surface area contributed by atoms with Crippen molar-refractivity contribution in [1.29, 1.82) is 0 Å². The molecule has 0 saturated heterocycles. The number of alkyl halides is 3. The molecule has 1 aromatic carbocycles. The molecule has 0 bridgehead atoms. The summed E-state index contributed by atoms with van der Waals surface area (Å²) in [7, 11) is 1.67. The van der Waals surface area contributed by atoms with E-state index in [1.54, 1.807) is 7.11 Å². The third-order valence-electron chi connectivity index (χ3n) is 4.25. The number of H-pyrrole nitrogens is 1. The Labute approximate surface area is 124 Å². The molecule has 0 spiro atoms. The average molecular weight is 316 g/mol. The minimum Gasteiger partial charge on any atom is -0.376 e. The molecule has 0 atom stereocenters. The zero-order valence-electron chi connectivity index (χ0n) is 11.5. The molecule has 0 radical (unpaired) electrons. The summed E-state index contributed by atoms with van der Waals surface area (Å²) < 4.78 is 46.1. The number of aromatic nitrogens is 2. The van der Waals surface area contributed by atoms with Crippen molar-refractivity contribution in [3.05, 3.63) is 28.5 Å². The first kappa shape index (κ1) is 14.6. The van der Waals surface area contributed by atoms with Crippen molar-refractivity contribution in [2.45, 2.75) is 37.6 Å². The van der Waals surface area contributed by atoms with Gasteiger partial charge in [-0.15, -0.1) is 0 Å². The van der Waals surface area contributed by atoms with Gasteiger partial charge in [0, 0.05) is 7.11 Å². The second-order valence-electron chi connectivity index (χ2n) is 5.49. The molecule has 3 nitrogen and oxygen atoms in total. The summed E-state index contributed by atoms with van der Waals surface area (Å²) in [4.78, 5) is 2.86. The van der Waals surface area contributed by atoms with Crippen LogP contribution in [0.25, 0.3) is 11.0 Å². The van der Waals surface area contributed by atoms with Gasteiger partial charge in [-0.1, -0.05) is 0 Å². The summed E-state index contributed by atoms with van der Waals surface area (Å²) in [5.74, 6) is 0. The van der Waals surface area contributed by atoms with Crippen molar-refractivity contribution in [3.8, 4) is 0 Å². The Morgan fingerprint density at radius 2 is 2.10 bits per heavy atom. The first-order chi connectivity index (χ1) is 9.85. The lowest BCUT2D eigenvalue weighted by atomic mass is 9.80. The van der Waals surface area contributed by atoms with Gasteiger partial charge >= 0.3 is 6.18 Å². The van der Waals surface area contributed by atoms with Gasteiger partial charge in [-0.05, 0) is 49.7 Å². The molecule has 0 unspecified atom stereocenters. The lowest BCUT2D eigenvalue weighted by Crippen LogP contribution is -2.43. The van der Waals surface area contributed by atoms with Gasteiger partial charge < -0.3 is 14.3 Å². The van der Waals surface area contributed by atoms with E-state index in [2.05, 4.69) is 4.98 Å². The Kier molecular flexibility index (Phi) is 3.37. The Morgan fingerprint density at radius 3 is 2.62 bits per heavy atom. The van der Waals surface area contributed by atoms with E-state index in [1.807, 2.05) is 4.57 Å². The quantitative estimate of drug-likeness (QED) is 0.856. The van der Waals surface area contributed by atoms with Crippen LogP contribution in [0.1, 0.15) is 24.8 Å². The number of methoxy groups -OCH3 is 1. The molecule has 1 aliphatic rings. The van der Waals surface area contributed by atoms with Gasteiger partial charge in [0.1, 0.15) is 0 Å². The maximum atomic E-state index is 12.7. The summed E-state index contributed by atoms with van der Waals surface area (Å²) in [6.07, 6.45) is -1.37. The molecule has 1 heterocycles. The van der Waals surface area contributed by atoms with Gasteiger partial charge in [-0.3, -0.25) is 0 Å². The number of nitrogens with one attached hydrogen (secondary N) is 1. The van der Waals surface area contributed by atoms with Crippen LogP contribution in [0.15, 0.2) is 18.2 Å². The lowest BCUT2D eigenvalue weighted by molar-refractivity contribution is -0.137. The fourth-order valence-corrected chi connectivity index (χ4v) is 3.06. The molecule has 0 amide bonds. The number of fused-ring (bicyclic) bond motifs is 1. The minimum atomic E-state index is -4.35. The molecule has 21 heavy (non-hydrogen) atoms. The van der Waals surface area contributed by atoms with E-state index in [0.717, 1.165) is 31.4 Å². The SMILES string of the molecule is COC1(Cn2c(=S)[nH]c3cc(C(F)(F)F)ccc32)CCC1. The summed E-state index contributed by atoms with van der Waals surface area (Å²) in [6, 6.07) is 3.65. The van der Waals surface area contributed by atoms with E-state index < -0.39 is 11.7 Å². The Morgan fingerprint density at radius 1 is 1.38 bits per heavy atom. The Balaban J connectivity index is 2.04. The van der Waals surface area contributed by atoms with Crippen LogP contribution in [-0.4, -0.2) is 22.3 Å². The Hall–Kier alpha value is -1.34. The monoisotopic (exact) mass is 316 g/mol. The maximum absolute atomic E-state index is 12.7. The second kappa shape index (κ2) is 4.84. The largest absolute Gasteiger partial charge is 0.416 e. The van der Waals surface area contributed by atoms with Gasteiger partial charge in [0.2, 0.25) is 0 Å². The van der Waals surface area contributed by atoms with E-state index >= 15 is 0 Å². The van der Waals surface area contributed by atoms with Crippen LogP contribution >= 0.6 is 12.2 Å². The molecule has 0 aliphatic heterocycles. The molecule has 1 N–H and O–H groups in total. The molecule has 1 saturated carbocycles. The smallest absolute Gasteiger partial charge is 0.376 e. The number of nitrogens with zero attached hydrogens (tertiary/aromatic N) is 1. The number of aromatic amines is 1. The molecular formula is C14H15F3N2OS. The van der Waals surface area contributed by atoms with Crippen LogP contribution in [0, 0.1) is 4.77 Å². The van der Waals surface area contributed by atoms with Crippen LogP contribution in [-0.2, 0) is 17.5 Å². The van der Waals surface area contributed by atoms with Crippen molar-refractivity contribution in [2.24, 2.45) is 0 Å². The predicted molar refractivity (Wildman–Crippen MR) is 75.7 cm³/mol. The fraction of sp³-hybridized carbons (Fsp3) is 0.500. The van der Waals surface area contributed by atoms with Gasteiger partial charge in [-0.2, -0.15) is 13.2 Å². The molecule has 2 aromatic rings. The van der Waals surface area contributed by atoms with Gasteiger partial charge in [-0.25, -0.2) is 0 Å². The van der Waals surface area contributed by atoms with Crippen molar-refractivity contribution < 1.29 is 17.9 Å². The molecule has 7 heteroatoms. The average Bonchev–Trinajstić information content (AvgIpc) is 2.67. The Bertz CT molecular complexity index is 722. The van der Waals surface area contributed by atoms with E-state index in [9.17, 15) is 13.2 Å². The van der Waals surface area contributed by atoms with E-state index in [0.29, 0.717) is 22.3 Å². The molecule has 1 aliphatic carbocycles. The third kappa shape index (κ3) is 2.48. The first-order valence-corrected chi connectivity index (χ1v) is 7.10. The minimum absolute atomic E-state index is 0.240. The standard InChI is InChI=1S/C14H15F3N2OS/c1-20-13(5-2-6-13)8-19-11-4-3-9(14(15,16)17)7-10(11)18-12(19)21/h3-4,7H,2,5-6,8H2,1H3,(H,18,21). The number of rotatable bonds is 3. The van der Waals surface area contributed by atoms with Crippen LogP contribution < -0.4 is 0 Å². The predicted octanol–water partition coefficient (Wildman–Crippen LogP) is 4.29. The van der Waals surface area contributed by atoms with Crippen molar-refractivity contribution in [3.63, 3.8) is 0 Å². The van der Waals surface area contributed by atoms with Crippen molar-refractivity contribution in [2.75, 3.05) is 7.11 Å². The highest BCUT2D eigenvalue weighted by Crippen LogP contribution is 2.38. The van der Waals surface area contributed by atoms with Gasteiger partial charge in [0.25, 0.3) is 0 Å². The van der Waals surface area contributed by atoms with Crippen LogP contribution in [0.2, 0.25) is 0 Å². The highest BCUT2D eigenvalue weighted by atomic mass is 32.1.